The van der Waals surface area contributed by atoms with Gasteiger partial charge in [0.25, 0.3) is 5.91 Å². The van der Waals surface area contributed by atoms with Crippen molar-refractivity contribution in [1.82, 2.24) is 9.97 Å². The topological polar surface area (TPSA) is 96.1 Å². The van der Waals surface area contributed by atoms with Crippen LogP contribution in [0.4, 0.5) is 11.4 Å². The Kier molecular flexibility index (Phi) is 5.68. The minimum atomic E-state index is -0.195. The lowest BCUT2D eigenvalue weighted by atomic mass is 9.88. The summed E-state index contributed by atoms with van der Waals surface area (Å²) in [5, 5.41) is 6.03. The number of carbonyl (C=O) groups excluding carboxylic acids is 2. The molecular weight excluding hydrogens is 452 g/mol. The van der Waals surface area contributed by atoms with E-state index < -0.39 is 0 Å². The van der Waals surface area contributed by atoms with Crippen molar-refractivity contribution in [1.29, 1.82) is 0 Å². The van der Waals surface area contributed by atoms with E-state index in [1.165, 1.54) is 19.3 Å². The minimum absolute atomic E-state index is 0.155. The number of aromatic amines is 1. The highest BCUT2D eigenvalue weighted by Gasteiger charge is 2.43. The molecule has 7 nitrogen and oxygen atoms in total. The first-order chi connectivity index (χ1) is 17.6. The van der Waals surface area contributed by atoms with Gasteiger partial charge in [-0.15, -0.1) is 0 Å². The summed E-state index contributed by atoms with van der Waals surface area (Å²) < 4.78 is 5.15. The molecule has 2 amide bonds. The molecule has 1 heterocycles. The van der Waals surface area contributed by atoms with Crippen LogP contribution >= 0.6 is 0 Å². The maximum atomic E-state index is 12.7. The highest BCUT2D eigenvalue weighted by Crippen LogP contribution is 2.48. The second-order valence-electron chi connectivity index (χ2n) is 9.85. The summed E-state index contributed by atoms with van der Waals surface area (Å²) in [5.41, 5.74) is 4.59. The molecular formula is C29H28N4O3. The van der Waals surface area contributed by atoms with E-state index in [1.807, 2.05) is 42.5 Å². The zero-order chi connectivity index (χ0) is 24.6. The number of carbonyl (C=O) groups is 2. The third kappa shape index (κ3) is 4.33. The van der Waals surface area contributed by atoms with Gasteiger partial charge in [-0.1, -0.05) is 6.42 Å². The molecule has 4 aromatic rings. The Morgan fingerprint density at radius 2 is 1.69 bits per heavy atom. The Bertz CT molecular complexity index is 1430. The summed E-state index contributed by atoms with van der Waals surface area (Å²) in [6, 6.07) is 20.3. The van der Waals surface area contributed by atoms with Gasteiger partial charge in [0, 0.05) is 28.4 Å². The predicted octanol–water partition coefficient (Wildman–Crippen LogP) is 5.87. The summed E-state index contributed by atoms with van der Waals surface area (Å²) in [7, 11) is 1.59. The molecule has 3 unspecified atom stereocenters. The van der Waals surface area contributed by atoms with Crippen molar-refractivity contribution in [3.05, 3.63) is 72.3 Å². The van der Waals surface area contributed by atoms with Crippen molar-refractivity contribution in [2.45, 2.75) is 25.7 Å². The van der Waals surface area contributed by atoms with Crippen LogP contribution in [0.2, 0.25) is 0 Å². The van der Waals surface area contributed by atoms with Gasteiger partial charge in [0.05, 0.1) is 18.1 Å². The third-order valence-corrected chi connectivity index (χ3v) is 7.59. The molecule has 36 heavy (non-hydrogen) atoms. The molecule has 6 rings (SSSR count). The van der Waals surface area contributed by atoms with Crippen LogP contribution in [0.5, 0.6) is 5.75 Å². The van der Waals surface area contributed by atoms with Crippen LogP contribution in [-0.2, 0) is 4.79 Å². The van der Waals surface area contributed by atoms with Crippen LogP contribution in [-0.4, -0.2) is 28.9 Å². The number of fused-ring (bicyclic) bond motifs is 3. The van der Waals surface area contributed by atoms with Gasteiger partial charge in [-0.05, 0) is 97.8 Å². The van der Waals surface area contributed by atoms with Crippen molar-refractivity contribution < 1.29 is 14.3 Å². The van der Waals surface area contributed by atoms with Crippen LogP contribution in [0.3, 0.4) is 0 Å². The molecule has 2 saturated carbocycles. The number of anilines is 2. The molecule has 3 aromatic carbocycles. The number of rotatable bonds is 6. The number of benzene rings is 3. The van der Waals surface area contributed by atoms with Crippen LogP contribution in [0.1, 0.15) is 36.0 Å². The lowest BCUT2D eigenvalue weighted by molar-refractivity contribution is -0.121. The van der Waals surface area contributed by atoms with Gasteiger partial charge >= 0.3 is 0 Å². The van der Waals surface area contributed by atoms with Gasteiger partial charge in [-0.2, -0.15) is 0 Å². The predicted molar refractivity (Wildman–Crippen MR) is 140 cm³/mol. The molecule has 0 aliphatic heterocycles. The van der Waals surface area contributed by atoms with Gasteiger partial charge in [-0.3, -0.25) is 9.59 Å². The molecule has 0 spiro atoms. The summed E-state index contributed by atoms with van der Waals surface area (Å²) in [6.07, 6.45) is 4.74. The summed E-state index contributed by atoms with van der Waals surface area (Å²) >= 11 is 0. The van der Waals surface area contributed by atoms with Gasteiger partial charge in [0.15, 0.2) is 0 Å². The van der Waals surface area contributed by atoms with E-state index in [0.29, 0.717) is 22.9 Å². The van der Waals surface area contributed by atoms with Crippen LogP contribution in [0.15, 0.2) is 66.7 Å². The lowest BCUT2D eigenvalue weighted by Crippen LogP contribution is -2.27. The van der Waals surface area contributed by atoms with E-state index in [0.717, 1.165) is 40.4 Å². The van der Waals surface area contributed by atoms with Crippen molar-refractivity contribution in [3.63, 3.8) is 0 Å². The van der Waals surface area contributed by atoms with E-state index in [1.54, 1.807) is 31.4 Å². The Balaban J connectivity index is 1.13. The number of methoxy groups -OCH3 is 1. The molecule has 7 heteroatoms. The fourth-order valence-corrected chi connectivity index (χ4v) is 5.68. The maximum Gasteiger partial charge on any atom is 0.255 e. The van der Waals surface area contributed by atoms with E-state index >= 15 is 0 Å². The number of aromatic nitrogens is 2. The second kappa shape index (κ2) is 9.15. The van der Waals surface area contributed by atoms with E-state index in [4.69, 9.17) is 9.72 Å². The minimum Gasteiger partial charge on any atom is -0.497 e. The fourth-order valence-electron chi connectivity index (χ4n) is 5.68. The average Bonchev–Trinajstić information content (AvgIpc) is 3.65. The summed E-state index contributed by atoms with van der Waals surface area (Å²) in [4.78, 5) is 33.4. The molecule has 2 aliphatic rings. The number of nitrogens with one attached hydrogen (secondary N) is 3. The number of H-pyrrole nitrogens is 1. The standard InChI is InChI=1S/C29H28N4O3/c1-36-23-11-6-19(7-12-23)28(34)31-22-10-13-25-26(16-22)33-27(32-25)18-4-8-21(9-5-18)30-29(35)24-15-17-2-3-20(24)14-17/h4-13,16-17,20,24H,2-3,14-15H2,1H3,(H,30,35)(H,31,34)(H,32,33). The molecule has 0 saturated heterocycles. The third-order valence-electron chi connectivity index (χ3n) is 7.59. The lowest BCUT2D eigenvalue weighted by Gasteiger charge is -2.20. The molecule has 182 valence electrons. The first-order valence-corrected chi connectivity index (χ1v) is 12.4. The van der Waals surface area contributed by atoms with Crippen LogP contribution in [0, 0.1) is 17.8 Å². The quantitative estimate of drug-likeness (QED) is 0.322. The molecule has 2 fully saturated rings. The molecule has 1 aromatic heterocycles. The Labute approximate surface area is 209 Å². The van der Waals surface area contributed by atoms with Crippen molar-refractivity contribution in [3.8, 4) is 17.1 Å². The Hall–Kier alpha value is -4.13. The highest BCUT2D eigenvalue weighted by atomic mass is 16.5. The number of imidazole rings is 1. The summed E-state index contributed by atoms with van der Waals surface area (Å²) in [6.45, 7) is 0. The second-order valence-corrected chi connectivity index (χ2v) is 9.85. The summed E-state index contributed by atoms with van der Waals surface area (Å²) in [5.74, 6) is 2.87. The van der Waals surface area contributed by atoms with Gasteiger partial charge in [0.1, 0.15) is 11.6 Å². The molecule has 2 bridgehead atoms. The number of hydrogen-bond donors (Lipinski definition) is 3. The Morgan fingerprint density at radius 1 is 0.917 bits per heavy atom. The number of ether oxygens (including phenoxy) is 1. The van der Waals surface area contributed by atoms with E-state index in [9.17, 15) is 9.59 Å². The van der Waals surface area contributed by atoms with Crippen LogP contribution < -0.4 is 15.4 Å². The maximum absolute atomic E-state index is 12.7. The Morgan fingerprint density at radius 3 is 2.39 bits per heavy atom. The molecule has 3 atom stereocenters. The molecule has 3 N–H and O–H groups in total. The van der Waals surface area contributed by atoms with Crippen molar-refractivity contribution >= 4 is 34.2 Å². The number of hydrogen-bond acceptors (Lipinski definition) is 4. The monoisotopic (exact) mass is 480 g/mol. The SMILES string of the molecule is COc1ccc(C(=O)Nc2ccc3nc(-c4ccc(NC(=O)C5CC6CCC5C6)cc4)[nH]c3c2)cc1. The molecule has 2 aliphatic carbocycles. The van der Waals surface area contributed by atoms with Crippen LogP contribution in [0.25, 0.3) is 22.4 Å². The largest absolute Gasteiger partial charge is 0.497 e. The van der Waals surface area contributed by atoms with Crippen molar-refractivity contribution in [2.75, 3.05) is 17.7 Å². The normalized spacial score (nSPS) is 20.4. The van der Waals surface area contributed by atoms with E-state index in [-0.39, 0.29) is 17.7 Å². The average molecular weight is 481 g/mol. The highest BCUT2D eigenvalue weighted by molar-refractivity contribution is 6.05. The first kappa shape index (κ1) is 22.3. The van der Waals surface area contributed by atoms with E-state index in [2.05, 4.69) is 15.6 Å². The number of amides is 2. The van der Waals surface area contributed by atoms with Gasteiger partial charge in [-0.25, -0.2) is 4.98 Å². The fraction of sp³-hybridized carbons (Fsp3) is 0.276. The smallest absolute Gasteiger partial charge is 0.255 e. The molecule has 0 radical (unpaired) electrons. The van der Waals surface area contributed by atoms with Gasteiger partial charge < -0.3 is 20.4 Å². The van der Waals surface area contributed by atoms with Gasteiger partial charge in [0.2, 0.25) is 5.91 Å². The number of nitrogens with zero attached hydrogens (tertiary/aromatic N) is 1. The first-order valence-electron chi connectivity index (χ1n) is 12.4. The zero-order valence-electron chi connectivity index (χ0n) is 20.1. The van der Waals surface area contributed by atoms with Crippen molar-refractivity contribution in [2.24, 2.45) is 17.8 Å². The zero-order valence-corrected chi connectivity index (χ0v) is 20.1.